The van der Waals surface area contributed by atoms with Gasteiger partial charge in [0.25, 0.3) is 0 Å². The van der Waals surface area contributed by atoms with E-state index >= 15 is 0 Å². The number of benzene rings is 1. The summed E-state index contributed by atoms with van der Waals surface area (Å²) in [6, 6.07) is 7.14. The Bertz CT molecular complexity index is 599. The topological polar surface area (TPSA) is 60.9 Å². The maximum atomic E-state index is 12.2. The van der Waals surface area contributed by atoms with Gasteiger partial charge in [-0.25, -0.2) is 12.7 Å². The predicted molar refractivity (Wildman–Crippen MR) is 87.0 cm³/mol. The second-order valence-corrected chi connectivity index (χ2v) is 8.46. The third-order valence-electron chi connectivity index (χ3n) is 4.31. The summed E-state index contributed by atoms with van der Waals surface area (Å²) in [7, 11) is -0.307. The van der Waals surface area contributed by atoms with Crippen LogP contribution in [0.4, 0.5) is 0 Å². The highest BCUT2D eigenvalue weighted by molar-refractivity contribution is 7.89. The van der Waals surface area contributed by atoms with E-state index in [9.17, 15) is 13.5 Å². The number of nitrogens with zero attached hydrogens (tertiary/aromatic N) is 2. The molecule has 1 heterocycles. The van der Waals surface area contributed by atoms with Crippen LogP contribution in [0.1, 0.15) is 25.3 Å². The van der Waals surface area contributed by atoms with E-state index < -0.39 is 10.0 Å². The lowest BCUT2D eigenvalue weighted by Crippen LogP contribution is -2.39. The van der Waals surface area contributed by atoms with Crippen LogP contribution in [-0.4, -0.2) is 56.0 Å². The fraction of sp³-hybridized carbons (Fsp3) is 0.625. The number of hydrogen-bond acceptors (Lipinski definition) is 4. The van der Waals surface area contributed by atoms with Crippen molar-refractivity contribution in [1.82, 2.24) is 9.21 Å². The van der Waals surface area contributed by atoms with Gasteiger partial charge in [-0.05, 0) is 49.9 Å². The van der Waals surface area contributed by atoms with E-state index in [2.05, 4.69) is 4.90 Å². The Morgan fingerprint density at radius 2 is 2.14 bits per heavy atom. The van der Waals surface area contributed by atoms with Crippen molar-refractivity contribution in [3.63, 3.8) is 0 Å². The fourth-order valence-electron chi connectivity index (χ4n) is 2.90. The summed E-state index contributed by atoms with van der Waals surface area (Å²) in [4.78, 5) is 2.63. The highest BCUT2D eigenvalue weighted by atomic mass is 32.2. The Hall–Kier alpha value is -0.950. The molecule has 1 saturated heterocycles. The molecular formula is C16H26N2O3S. The normalized spacial score (nSPS) is 22.0. The van der Waals surface area contributed by atoms with Gasteiger partial charge in [0, 0.05) is 27.2 Å². The molecule has 1 aliphatic rings. The van der Waals surface area contributed by atoms with E-state index in [4.69, 9.17) is 0 Å². The van der Waals surface area contributed by atoms with Crippen LogP contribution in [0.3, 0.4) is 0 Å². The molecule has 0 amide bonds. The van der Waals surface area contributed by atoms with Gasteiger partial charge in [-0.15, -0.1) is 0 Å². The zero-order valence-corrected chi connectivity index (χ0v) is 14.4. The highest BCUT2D eigenvalue weighted by Gasteiger charge is 2.24. The van der Waals surface area contributed by atoms with Crippen molar-refractivity contribution in [2.45, 2.75) is 37.3 Å². The molecule has 6 heteroatoms. The van der Waals surface area contributed by atoms with Crippen LogP contribution in [0.5, 0.6) is 0 Å². The van der Waals surface area contributed by atoms with Crippen LogP contribution in [-0.2, 0) is 16.6 Å². The second-order valence-electron chi connectivity index (χ2n) is 6.31. The third kappa shape index (κ3) is 4.07. The highest BCUT2D eigenvalue weighted by Crippen LogP contribution is 2.22. The molecule has 1 N–H and O–H groups in total. The minimum Gasteiger partial charge on any atom is -0.393 e. The SMILES string of the molecule is CC(O)C1CCCN(Cc2cccc(S(=O)(=O)N(C)C)c2)C1. The minimum absolute atomic E-state index is 0.289. The summed E-state index contributed by atoms with van der Waals surface area (Å²) in [5.41, 5.74) is 0.995. The first-order valence-electron chi connectivity index (χ1n) is 7.72. The maximum Gasteiger partial charge on any atom is 0.242 e. The molecule has 5 nitrogen and oxygen atoms in total. The first kappa shape index (κ1) is 17.4. The smallest absolute Gasteiger partial charge is 0.242 e. The van der Waals surface area contributed by atoms with Gasteiger partial charge >= 0.3 is 0 Å². The van der Waals surface area contributed by atoms with Crippen molar-refractivity contribution in [2.24, 2.45) is 5.92 Å². The molecule has 0 bridgehead atoms. The van der Waals surface area contributed by atoms with Crippen molar-refractivity contribution in [3.05, 3.63) is 29.8 Å². The average molecular weight is 326 g/mol. The molecule has 0 spiro atoms. The molecule has 1 aromatic carbocycles. The predicted octanol–water partition coefficient (Wildman–Crippen LogP) is 1.53. The van der Waals surface area contributed by atoms with Crippen molar-refractivity contribution >= 4 is 10.0 Å². The van der Waals surface area contributed by atoms with Crippen molar-refractivity contribution in [2.75, 3.05) is 27.2 Å². The van der Waals surface area contributed by atoms with Crippen molar-refractivity contribution in [1.29, 1.82) is 0 Å². The van der Waals surface area contributed by atoms with Gasteiger partial charge in [0.2, 0.25) is 10.0 Å². The van der Waals surface area contributed by atoms with Gasteiger partial charge in [0.15, 0.2) is 0 Å². The summed E-state index contributed by atoms with van der Waals surface area (Å²) in [5, 5.41) is 9.76. The summed E-state index contributed by atoms with van der Waals surface area (Å²) in [5.74, 6) is 0.308. The van der Waals surface area contributed by atoms with Gasteiger partial charge in [-0.2, -0.15) is 0 Å². The Labute approximate surface area is 133 Å². The fourth-order valence-corrected chi connectivity index (χ4v) is 3.87. The lowest BCUT2D eigenvalue weighted by molar-refractivity contribution is 0.0599. The number of piperidine rings is 1. The number of aliphatic hydroxyl groups is 1. The molecule has 2 rings (SSSR count). The Balaban J connectivity index is 2.11. The standard InChI is InChI=1S/C16H26N2O3S/c1-13(19)15-7-5-9-18(12-15)11-14-6-4-8-16(10-14)22(20,21)17(2)3/h4,6,8,10,13,15,19H,5,7,9,11-12H2,1-3H3. The maximum absolute atomic E-state index is 12.2. The van der Waals surface area contributed by atoms with E-state index in [1.807, 2.05) is 13.0 Å². The third-order valence-corrected chi connectivity index (χ3v) is 6.12. The monoisotopic (exact) mass is 326 g/mol. The van der Waals surface area contributed by atoms with Crippen LogP contribution in [0.2, 0.25) is 0 Å². The Morgan fingerprint density at radius 1 is 1.41 bits per heavy atom. The summed E-state index contributed by atoms with van der Waals surface area (Å²) in [6.45, 7) is 4.43. The van der Waals surface area contributed by atoms with Crippen LogP contribution in [0, 0.1) is 5.92 Å². The molecule has 0 radical (unpaired) electrons. The molecule has 1 aromatic rings. The molecule has 0 aromatic heterocycles. The second kappa shape index (κ2) is 7.08. The van der Waals surface area contributed by atoms with E-state index in [0.717, 1.165) is 38.0 Å². The molecule has 124 valence electrons. The van der Waals surface area contributed by atoms with Crippen LogP contribution >= 0.6 is 0 Å². The van der Waals surface area contributed by atoms with E-state index in [1.165, 1.54) is 4.31 Å². The Kier molecular flexibility index (Phi) is 5.60. The Morgan fingerprint density at radius 3 is 2.77 bits per heavy atom. The largest absolute Gasteiger partial charge is 0.393 e. The lowest BCUT2D eigenvalue weighted by atomic mass is 9.93. The van der Waals surface area contributed by atoms with Crippen LogP contribution < -0.4 is 0 Å². The van der Waals surface area contributed by atoms with E-state index in [1.54, 1.807) is 32.3 Å². The number of likely N-dealkylation sites (tertiary alicyclic amines) is 1. The summed E-state index contributed by atoms with van der Waals surface area (Å²) >= 11 is 0. The quantitative estimate of drug-likeness (QED) is 0.891. The van der Waals surface area contributed by atoms with Gasteiger partial charge in [0.05, 0.1) is 11.0 Å². The molecule has 2 unspecified atom stereocenters. The molecular weight excluding hydrogens is 300 g/mol. The first-order chi connectivity index (χ1) is 10.3. The number of hydrogen-bond donors (Lipinski definition) is 1. The van der Waals surface area contributed by atoms with Crippen LogP contribution in [0.25, 0.3) is 0 Å². The van der Waals surface area contributed by atoms with E-state index in [0.29, 0.717) is 10.8 Å². The number of rotatable bonds is 5. The van der Waals surface area contributed by atoms with Crippen molar-refractivity contribution < 1.29 is 13.5 Å². The molecule has 1 aliphatic heterocycles. The molecule has 0 saturated carbocycles. The zero-order valence-electron chi connectivity index (χ0n) is 13.6. The van der Waals surface area contributed by atoms with Crippen LogP contribution in [0.15, 0.2) is 29.2 Å². The average Bonchev–Trinajstić information content (AvgIpc) is 2.47. The molecule has 2 atom stereocenters. The van der Waals surface area contributed by atoms with Gasteiger partial charge in [-0.1, -0.05) is 12.1 Å². The molecule has 22 heavy (non-hydrogen) atoms. The number of sulfonamides is 1. The minimum atomic E-state index is -3.39. The van der Waals surface area contributed by atoms with Gasteiger partial charge < -0.3 is 5.11 Å². The zero-order chi connectivity index (χ0) is 16.3. The van der Waals surface area contributed by atoms with Crippen molar-refractivity contribution in [3.8, 4) is 0 Å². The van der Waals surface area contributed by atoms with E-state index in [-0.39, 0.29) is 6.10 Å². The number of aliphatic hydroxyl groups excluding tert-OH is 1. The summed E-state index contributed by atoms with van der Waals surface area (Å²) in [6.07, 6.45) is 1.84. The summed E-state index contributed by atoms with van der Waals surface area (Å²) < 4.78 is 25.6. The van der Waals surface area contributed by atoms with Gasteiger partial charge in [0.1, 0.15) is 0 Å². The first-order valence-corrected chi connectivity index (χ1v) is 9.16. The molecule has 0 aliphatic carbocycles. The van der Waals surface area contributed by atoms with Gasteiger partial charge in [-0.3, -0.25) is 4.90 Å². The molecule has 1 fully saturated rings. The lowest BCUT2D eigenvalue weighted by Gasteiger charge is -2.34.